The van der Waals surface area contributed by atoms with E-state index in [1.54, 1.807) is 0 Å². The first-order chi connectivity index (χ1) is 18.8. The molecule has 0 heterocycles. The number of nitrogens with one attached hydrogen (secondary N) is 1. The molecule has 1 aromatic carbocycles. The van der Waals surface area contributed by atoms with Crippen molar-refractivity contribution in [2.45, 2.75) is 109 Å². The molecule has 5 nitrogen and oxygen atoms in total. The third-order valence-corrected chi connectivity index (χ3v) is 13.9. The fourth-order valence-corrected chi connectivity index (χ4v) is 11.6. The van der Waals surface area contributed by atoms with Gasteiger partial charge in [-0.2, -0.15) is 0 Å². The van der Waals surface area contributed by atoms with E-state index in [0.29, 0.717) is 30.7 Å². The van der Waals surface area contributed by atoms with E-state index in [-0.39, 0.29) is 39.4 Å². The zero-order valence-corrected chi connectivity index (χ0v) is 25.3. The molecule has 0 unspecified atom stereocenters. The molecule has 0 radical (unpaired) electrons. The number of rotatable bonds is 8. The molecule has 1 aromatic rings. The van der Waals surface area contributed by atoms with E-state index in [0.717, 1.165) is 63.5 Å². The minimum atomic E-state index is -3.66. The summed E-state index contributed by atoms with van der Waals surface area (Å²) >= 11 is 0. The van der Waals surface area contributed by atoms with E-state index in [1.165, 1.54) is 12.1 Å². The summed E-state index contributed by atoms with van der Waals surface area (Å²) < 4.78 is 56.5. The largest absolute Gasteiger partial charge is 0.393 e. The van der Waals surface area contributed by atoms with Crippen molar-refractivity contribution < 1.29 is 27.4 Å². The van der Waals surface area contributed by atoms with Crippen molar-refractivity contribution in [3.05, 3.63) is 30.1 Å². The Bertz CT molecular complexity index is 1150. The van der Waals surface area contributed by atoms with Gasteiger partial charge in [0, 0.05) is 12.5 Å². The molecule has 226 valence electrons. The Labute approximate surface area is 239 Å². The number of fused-ring (bicyclic) bond motifs is 5. The molecule has 12 atom stereocenters. The summed E-state index contributed by atoms with van der Waals surface area (Å²) in [5.74, 6) is 0.929. The highest BCUT2D eigenvalue weighted by molar-refractivity contribution is 7.89. The van der Waals surface area contributed by atoms with Gasteiger partial charge in [0.25, 0.3) is 0 Å². The van der Waals surface area contributed by atoms with Crippen LogP contribution in [0.15, 0.2) is 29.2 Å². The number of alkyl halides is 1. The molecule has 5 rings (SSSR count). The van der Waals surface area contributed by atoms with E-state index in [9.17, 15) is 23.0 Å². The van der Waals surface area contributed by atoms with Crippen molar-refractivity contribution in [1.82, 2.24) is 4.72 Å². The smallest absolute Gasteiger partial charge is 0.240 e. The van der Waals surface area contributed by atoms with E-state index in [1.807, 2.05) is 0 Å². The van der Waals surface area contributed by atoms with Crippen molar-refractivity contribution in [3.63, 3.8) is 0 Å². The van der Waals surface area contributed by atoms with Crippen molar-refractivity contribution in [2.75, 3.05) is 6.54 Å². The average Bonchev–Trinajstić information content (AvgIpc) is 3.27. The average molecular weight is 582 g/mol. The van der Waals surface area contributed by atoms with Crippen LogP contribution in [0.4, 0.5) is 8.78 Å². The van der Waals surface area contributed by atoms with Crippen molar-refractivity contribution in [2.24, 2.45) is 52.3 Å². The van der Waals surface area contributed by atoms with Crippen LogP contribution in [-0.2, 0) is 10.0 Å². The molecule has 0 saturated heterocycles. The Morgan fingerprint density at radius 3 is 2.35 bits per heavy atom. The minimum absolute atomic E-state index is 0.0729. The predicted octanol–water partition coefficient (Wildman–Crippen LogP) is 6.10. The maximum Gasteiger partial charge on any atom is 0.240 e. The van der Waals surface area contributed by atoms with Crippen LogP contribution in [0.3, 0.4) is 0 Å². The summed E-state index contributed by atoms with van der Waals surface area (Å²) in [6, 6.07) is 4.88. The number of sulfonamides is 1. The van der Waals surface area contributed by atoms with Gasteiger partial charge in [0.1, 0.15) is 12.0 Å². The summed E-state index contributed by atoms with van der Waals surface area (Å²) in [7, 11) is -3.66. The second kappa shape index (κ2) is 11.2. The fourth-order valence-electron chi connectivity index (χ4n) is 10.5. The van der Waals surface area contributed by atoms with Gasteiger partial charge in [0.05, 0.1) is 17.1 Å². The van der Waals surface area contributed by atoms with Gasteiger partial charge in [-0.25, -0.2) is 21.9 Å². The first kappa shape index (κ1) is 30.4. The lowest BCUT2D eigenvalue weighted by Gasteiger charge is -2.65. The lowest BCUT2D eigenvalue weighted by Crippen LogP contribution is -2.65. The molecule has 0 amide bonds. The van der Waals surface area contributed by atoms with Crippen LogP contribution in [0.25, 0.3) is 0 Å². The van der Waals surface area contributed by atoms with E-state index in [2.05, 4.69) is 32.4 Å². The van der Waals surface area contributed by atoms with Crippen LogP contribution < -0.4 is 4.72 Å². The van der Waals surface area contributed by atoms with Gasteiger partial charge in [-0.05, 0) is 122 Å². The van der Waals surface area contributed by atoms with Crippen LogP contribution in [0.2, 0.25) is 0 Å². The zero-order valence-electron chi connectivity index (χ0n) is 24.5. The van der Waals surface area contributed by atoms with Gasteiger partial charge >= 0.3 is 0 Å². The molecular formula is C32H49F2NO4S. The van der Waals surface area contributed by atoms with Gasteiger partial charge in [0.15, 0.2) is 0 Å². The Kier molecular flexibility index (Phi) is 8.50. The molecule has 4 fully saturated rings. The number of benzene rings is 1. The molecule has 4 aliphatic carbocycles. The maximum atomic E-state index is 15.6. The summed E-state index contributed by atoms with van der Waals surface area (Å²) in [4.78, 5) is 0.0729. The third kappa shape index (κ3) is 4.97. The quantitative estimate of drug-likeness (QED) is 0.324. The SMILES string of the molecule is CC[C@H]1[C@@H](O)[C@@H]2[C@H](CC[C@]3(C)[C@@H]([C@H](C)CCCNS(=O)(=O)c4ccc(F)cc4)CC[C@@H]23)[C@@]2(C)CC[C@@H](O)[C@H](F)[C@@H]12. The molecular weight excluding hydrogens is 532 g/mol. The highest BCUT2D eigenvalue weighted by Gasteiger charge is 2.66. The highest BCUT2D eigenvalue weighted by atomic mass is 32.2. The Hall–Kier alpha value is -1.09. The second-order valence-corrected chi connectivity index (χ2v) is 15.9. The Balaban J connectivity index is 1.25. The molecule has 0 bridgehead atoms. The number of halogens is 2. The summed E-state index contributed by atoms with van der Waals surface area (Å²) in [5, 5.41) is 22.2. The lowest BCUT2D eigenvalue weighted by molar-refractivity contribution is -0.222. The van der Waals surface area contributed by atoms with Gasteiger partial charge in [-0.15, -0.1) is 0 Å². The van der Waals surface area contributed by atoms with Crippen molar-refractivity contribution >= 4 is 10.0 Å². The van der Waals surface area contributed by atoms with Gasteiger partial charge < -0.3 is 10.2 Å². The second-order valence-electron chi connectivity index (χ2n) is 14.1. The first-order valence-electron chi connectivity index (χ1n) is 15.6. The minimum Gasteiger partial charge on any atom is -0.393 e. The summed E-state index contributed by atoms with van der Waals surface area (Å²) in [6.07, 6.45) is 5.28. The summed E-state index contributed by atoms with van der Waals surface area (Å²) in [5.41, 5.74) is -0.0735. The van der Waals surface area contributed by atoms with Crippen LogP contribution in [0.1, 0.15) is 85.5 Å². The Morgan fingerprint density at radius 1 is 1.02 bits per heavy atom. The number of hydrogen-bond donors (Lipinski definition) is 3. The first-order valence-corrected chi connectivity index (χ1v) is 17.1. The van der Waals surface area contributed by atoms with Crippen LogP contribution >= 0.6 is 0 Å². The van der Waals surface area contributed by atoms with Crippen LogP contribution in [0, 0.1) is 58.1 Å². The van der Waals surface area contributed by atoms with E-state index < -0.39 is 34.2 Å². The molecule has 3 N–H and O–H groups in total. The number of aliphatic hydroxyl groups excluding tert-OH is 2. The van der Waals surface area contributed by atoms with Crippen LogP contribution in [0.5, 0.6) is 0 Å². The molecule has 8 heteroatoms. The lowest BCUT2D eigenvalue weighted by atomic mass is 9.41. The Morgan fingerprint density at radius 2 is 1.68 bits per heavy atom. The van der Waals surface area contributed by atoms with Crippen molar-refractivity contribution in [1.29, 1.82) is 0 Å². The molecule has 4 aliphatic rings. The maximum absolute atomic E-state index is 15.6. The molecule has 4 saturated carbocycles. The zero-order chi connectivity index (χ0) is 29.0. The fraction of sp³-hybridized carbons (Fsp3) is 0.812. The number of aliphatic hydroxyl groups is 2. The highest BCUT2D eigenvalue weighted by Crippen LogP contribution is 2.69. The van der Waals surface area contributed by atoms with Gasteiger partial charge in [-0.3, -0.25) is 0 Å². The van der Waals surface area contributed by atoms with Crippen molar-refractivity contribution in [3.8, 4) is 0 Å². The molecule has 0 aromatic heterocycles. The summed E-state index contributed by atoms with van der Waals surface area (Å²) in [6.45, 7) is 9.37. The molecule has 0 aliphatic heterocycles. The van der Waals surface area contributed by atoms with E-state index >= 15 is 4.39 Å². The monoisotopic (exact) mass is 581 g/mol. The molecule has 0 spiro atoms. The van der Waals surface area contributed by atoms with Gasteiger partial charge in [-0.1, -0.05) is 34.1 Å². The topological polar surface area (TPSA) is 86.6 Å². The number of hydrogen-bond acceptors (Lipinski definition) is 4. The predicted molar refractivity (Wildman–Crippen MR) is 152 cm³/mol. The van der Waals surface area contributed by atoms with Gasteiger partial charge in [0.2, 0.25) is 10.0 Å². The van der Waals surface area contributed by atoms with Crippen LogP contribution in [-0.4, -0.2) is 43.6 Å². The standard InChI is InChI=1S/C32H49F2NO4S/c1-5-22-28-29(34)26(36)15-17-32(28,4)25-14-16-31(3)23(12-13-24(31)27(25)30(22)37)19(2)7-6-18-35-40(38,39)21-10-8-20(33)9-11-21/h8-11,19,22-30,35-37H,5-7,12-18H2,1-4H3/t19-,22-,23-,24+,25+,26-,27+,28-,29+,30-,31-,32-/m1/s1. The molecule has 40 heavy (non-hydrogen) atoms. The third-order valence-electron chi connectivity index (χ3n) is 12.4. The van der Waals surface area contributed by atoms with E-state index in [4.69, 9.17) is 0 Å². The normalized spacial score (nSPS) is 44.0.